The number of halogens is 2. The molecule has 0 bridgehead atoms. The Kier molecular flexibility index (Phi) is 4.70. The molecule has 7 heteroatoms. The normalized spacial score (nSPS) is 10.7. The molecule has 2 rings (SSSR count). The maximum atomic E-state index is 11.7. The third kappa shape index (κ3) is 2.74. The fourth-order valence-electron chi connectivity index (χ4n) is 1.73. The Morgan fingerprint density at radius 3 is 2.58 bits per heavy atom. The smallest absolute Gasteiger partial charge is 0.350 e. The van der Waals surface area contributed by atoms with Crippen molar-refractivity contribution in [2.45, 2.75) is 13.3 Å². The van der Waals surface area contributed by atoms with Crippen LogP contribution in [0.15, 0.2) is 14.3 Å². The summed E-state index contributed by atoms with van der Waals surface area (Å²) in [6.07, 6.45) is 0.780. The van der Waals surface area contributed by atoms with Crippen LogP contribution < -0.4 is 5.73 Å². The highest BCUT2D eigenvalue weighted by Crippen LogP contribution is 2.45. The Balaban J connectivity index is 2.60. The number of esters is 1. The number of anilines is 1. The minimum absolute atomic E-state index is 0.377. The third-order valence-corrected chi connectivity index (χ3v) is 7.31. The lowest BCUT2D eigenvalue weighted by molar-refractivity contribution is 0.0607. The second kappa shape index (κ2) is 5.95. The fraction of sp³-hybridized carbons (Fsp3) is 0.250. The van der Waals surface area contributed by atoms with Gasteiger partial charge in [-0.3, -0.25) is 0 Å². The summed E-state index contributed by atoms with van der Waals surface area (Å²) < 4.78 is 6.80. The number of hydrogen-bond acceptors (Lipinski definition) is 5. The molecule has 0 amide bonds. The summed E-state index contributed by atoms with van der Waals surface area (Å²) in [5, 5.41) is 0. The SMILES string of the molecule is CCc1c(-c2cc(Br)c(Br)s2)sc(C(=O)OC)c1N. The van der Waals surface area contributed by atoms with Crippen LogP contribution in [-0.2, 0) is 11.2 Å². The molecule has 0 aliphatic rings. The van der Waals surface area contributed by atoms with Crippen molar-refractivity contribution < 1.29 is 9.53 Å². The highest BCUT2D eigenvalue weighted by atomic mass is 79.9. The number of thiophene rings is 2. The monoisotopic (exact) mass is 423 g/mol. The van der Waals surface area contributed by atoms with Gasteiger partial charge in [-0.2, -0.15) is 0 Å². The summed E-state index contributed by atoms with van der Waals surface area (Å²) in [6.45, 7) is 2.03. The molecule has 0 atom stereocenters. The summed E-state index contributed by atoms with van der Waals surface area (Å²) in [5.74, 6) is -0.377. The molecule has 0 fully saturated rings. The van der Waals surface area contributed by atoms with Crippen LogP contribution in [-0.4, -0.2) is 13.1 Å². The lowest BCUT2D eigenvalue weighted by Crippen LogP contribution is -2.02. The zero-order chi connectivity index (χ0) is 14.2. The zero-order valence-electron chi connectivity index (χ0n) is 10.3. The Hall–Kier alpha value is -0.370. The van der Waals surface area contributed by atoms with Crippen molar-refractivity contribution in [3.63, 3.8) is 0 Å². The predicted octanol–water partition coefficient (Wildman–Crippen LogP) is 4.93. The van der Waals surface area contributed by atoms with Gasteiger partial charge in [-0.15, -0.1) is 22.7 Å². The second-order valence-electron chi connectivity index (χ2n) is 3.73. The van der Waals surface area contributed by atoms with Crippen molar-refractivity contribution in [1.82, 2.24) is 0 Å². The first-order chi connectivity index (χ1) is 8.99. The summed E-state index contributed by atoms with van der Waals surface area (Å²) in [5.41, 5.74) is 7.61. The highest BCUT2D eigenvalue weighted by Gasteiger charge is 2.22. The first-order valence-electron chi connectivity index (χ1n) is 5.44. The van der Waals surface area contributed by atoms with E-state index in [0.717, 1.165) is 30.0 Å². The molecule has 2 aromatic heterocycles. The van der Waals surface area contributed by atoms with Gasteiger partial charge in [0, 0.05) is 9.35 Å². The van der Waals surface area contributed by atoms with Crippen molar-refractivity contribution in [1.29, 1.82) is 0 Å². The van der Waals surface area contributed by atoms with Crippen LogP contribution >= 0.6 is 54.5 Å². The van der Waals surface area contributed by atoms with Gasteiger partial charge in [0.05, 0.1) is 21.5 Å². The molecule has 3 nitrogen and oxygen atoms in total. The molecule has 0 aromatic carbocycles. The van der Waals surface area contributed by atoms with Gasteiger partial charge in [-0.25, -0.2) is 4.79 Å². The minimum atomic E-state index is -0.377. The molecule has 0 aliphatic carbocycles. The highest BCUT2D eigenvalue weighted by molar-refractivity contribution is 9.13. The topological polar surface area (TPSA) is 52.3 Å². The number of ether oxygens (including phenoxy) is 1. The van der Waals surface area contributed by atoms with Crippen LogP contribution in [0.25, 0.3) is 9.75 Å². The van der Waals surface area contributed by atoms with Crippen LogP contribution in [0.5, 0.6) is 0 Å². The number of nitrogen functional groups attached to an aromatic ring is 1. The molecular formula is C12H11Br2NO2S2. The largest absolute Gasteiger partial charge is 0.465 e. The van der Waals surface area contributed by atoms with E-state index >= 15 is 0 Å². The predicted molar refractivity (Wildman–Crippen MR) is 88.2 cm³/mol. The standard InChI is InChI=1S/C12H11Br2NO2S2/c1-3-5-8(15)10(12(16)17-2)19-9(5)7-4-6(13)11(14)18-7/h4H,3,15H2,1-2H3. The van der Waals surface area contributed by atoms with Crippen LogP contribution in [0, 0.1) is 0 Å². The molecule has 0 aliphatic heterocycles. The Morgan fingerprint density at radius 2 is 2.11 bits per heavy atom. The van der Waals surface area contributed by atoms with Crippen LogP contribution in [0.2, 0.25) is 0 Å². The van der Waals surface area contributed by atoms with E-state index in [1.807, 2.05) is 13.0 Å². The molecule has 2 N–H and O–H groups in total. The molecule has 0 saturated carbocycles. The molecule has 0 saturated heterocycles. The summed E-state index contributed by atoms with van der Waals surface area (Å²) in [7, 11) is 1.37. The first-order valence-corrected chi connectivity index (χ1v) is 8.66. The third-order valence-electron chi connectivity index (χ3n) is 2.64. The number of methoxy groups -OCH3 is 1. The maximum absolute atomic E-state index is 11.7. The van der Waals surface area contributed by atoms with Crippen LogP contribution in [0.1, 0.15) is 22.2 Å². The first kappa shape index (κ1) is 15.0. The number of rotatable bonds is 3. The van der Waals surface area contributed by atoms with Crippen molar-refractivity contribution >= 4 is 66.2 Å². The molecule has 19 heavy (non-hydrogen) atoms. The Bertz CT molecular complexity index is 614. The van der Waals surface area contributed by atoms with Gasteiger partial charge in [0.25, 0.3) is 0 Å². The number of hydrogen-bond donors (Lipinski definition) is 1. The average molecular weight is 425 g/mol. The summed E-state index contributed by atoms with van der Waals surface area (Å²) in [4.78, 5) is 14.3. The molecule has 0 spiro atoms. The van der Waals surface area contributed by atoms with E-state index in [4.69, 9.17) is 10.5 Å². The molecule has 0 radical (unpaired) electrons. The van der Waals surface area contributed by atoms with Gasteiger partial charge in [0.1, 0.15) is 4.88 Å². The molecule has 2 aromatic rings. The average Bonchev–Trinajstić information content (AvgIpc) is 2.89. The fourth-order valence-corrected chi connectivity index (χ4v) is 5.12. The van der Waals surface area contributed by atoms with E-state index in [1.165, 1.54) is 18.4 Å². The van der Waals surface area contributed by atoms with Crippen molar-refractivity contribution in [3.05, 3.63) is 24.8 Å². The molecule has 0 unspecified atom stereocenters. The van der Waals surface area contributed by atoms with Gasteiger partial charge in [-0.05, 0) is 49.9 Å². The van der Waals surface area contributed by atoms with E-state index in [9.17, 15) is 4.79 Å². The van der Waals surface area contributed by atoms with Crippen molar-refractivity contribution in [2.24, 2.45) is 0 Å². The van der Waals surface area contributed by atoms with Crippen LogP contribution in [0.4, 0.5) is 5.69 Å². The molecule has 2 heterocycles. The zero-order valence-corrected chi connectivity index (χ0v) is 15.1. The van der Waals surface area contributed by atoms with Gasteiger partial charge in [0.15, 0.2) is 0 Å². The van der Waals surface area contributed by atoms with Crippen molar-refractivity contribution in [2.75, 3.05) is 12.8 Å². The van der Waals surface area contributed by atoms with Gasteiger partial charge in [-0.1, -0.05) is 6.92 Å². The lowest BCUT2D eigenvalue weighted by Gasteiger charge is -1.99. The summed E-state index contributed by atoms with van der Waals surface area (Å²) >= 11 is 9.95. The maximum Gasteiger partial charge on any atom is 0.350 e. The van der Waals surface area contributed by atoms with E-state index in [-0.39, 0.29) is 5.97 Å². The summed E-state index contributed by atoms with van der Waals surface area (Å²) in [6, 6.07) is 2.03. The quantitative estimate of drug-likeness (QED) is 0.710. The minimum Gasteiger partial charge on any atom is -0.465 e. The van der Waals surface area contributed by atoms with Crippen LogP contribution in [0.3, 0.4) is 0 Å². The van der Waals surface area contributed by atoms with E-state index in [2.05, 4.69) is 31.9 Å². The van der Waals surface area contributed by atoms with Gasteiger partial charge in [0.2, 0.25) is 0 Å². The van der Waals surface area contributed by atoms with Gasteiger partial charge < -0.3 is 10.5 Å². The van der Waals surface area contributed by atoms with E-state index in [0.29, 0.717) is 10.6 Å². The Morgan fingerprint density at radius 1 is 1.42 bits per heavy atom. The van der Waals surface area contributed by atoms with E-state index in [1.54, 1.807) is 11.3 Å². The number of nitrogens with two attached hydrogens (primary N) is 1. The van der Waals surface area contributed by atoms with Crippen molar-refractivity contribution in [3.8, 4) is 9.75 Å². The molecular weight excluding hydrogens is 414 g/mol. The second-order valence-corrected chi connectivity index (χ2v) is 7.98. The Labute approximate surface area is 136 Å². The number of carbonyl (C=O) groups is 1. The number of carbonyl (C=O) groups excluding carboxylic acids is 1. The lowest BCUT2D eigenvalue weighted by atomic mass is 10.1. The van der Waals surface area contributed by atoms with E-state index < -0.39 is 0 Å². The molecule has 102 valence electrons. The van der Waals surface area contributed by atoms with Gasteiger partial charge >= 0.3 is 5.97 Å².